The number of ether oxygens (including phenoxy) is 3. The van der Waals surface area contributed by atoms with E-state index in [1.165, 1.54) is 48.5 Å². The van der Waals surface area contributed by atoms with E-state index in [9.17, 15) is 18.4 Å². The van der Waals surface area contributed by atoms with Crippen molar-refractivity contribution in [2.75, 3.05) is 11.9 Å². The van der Waals surface area contributed by atoms with E-state index in [0.29, 0.717) is 29.2 Å². The van der Waals surface area contributed by atoms with Gasteiger partial charge in [-0.3, -0.25) is 4.79 Å². The number of benzene rings is 2. The van der Waals surface area contributed by atoms with Crippen molar-refractivity contribution in [2.24, 2.45) is 0 Å². The molecule has 6 rings (SSSR count). The second kappa shape index (κ2) is 9.88. The van der Waals surface area contributed by atoms with E-state index in [1.807, 2.05) is 13.0 Å². The number of carboxylic acid groups (broad SMARTS) is 1. The number of aromatic carboxylic acids is 1. The average molecular weight is 563 g/mol. The zero-order chi connectivity index (χ0) is 28.9. The van der Waals surface area contributed by atoms with E-state index in [2.05, 4.69) is 14.5 Å². The first-order chi connectivity index (χ1) is 19.6. The maximum Gasteiger partial charge on any atom is 0.586 e. The first-order valence-electron chi connectivity index (χ1n) is 12.8. The third kappa shape index (κ3) is 4.92. The minimum Gasteiger partial charge on any atom is -0.478 e. The predicted octanol–water partition coefficient (Wildman–Crippen LogP) is 5.33. The number of alkyl halides is 2. The number of carbonyl (C=O) groups excluding carboxylic acids is 1. The summed E-state index contributed by atoms with van der Waals surface area (Å²) in [6.07, 6.45) is -0.499. The van der Waals surface area contributed by atoms with Crippen molar-refractivity contribution in [3.05, 3.63) is 88.9 Å². The fourth-order valence-corrected chi connectivity index (χ4v) is 5.08. The Hall–Kier alpha value is -5.00. The van der Waals surface area contributed by atoms with Crippen LogP contribution in [0.25, 0.3) is 5.69 Å². The van der Waals surface area contributed by atoms with Gasteiger partial charge in [0.1, 0.15) is 6.10 Å². The van der Waals surface area contributed by atoms with E-state index in [4.69, 9.17) is 14.9 Å². The van der Waals surface area contributed by atoms with Crippen LogP contribution in [0.2, 0.25) is 0 Å². The Balaban J connectivity index is 1.29. The van der Waals surface area contributed by atoms with Crippen molar-refractivity contribution in [1.82, 2.24) is 14.8 Å². The molecular weight excluding hydrogens is 538 g/mol. The molecule has 1 aliphatic carbocycles. The molecule has 10 nitrogen and oxygen atoms in total. The normalized spacial score (nSPS) is 16.6. The molecule has 2 aromatic carbocycles. The van der Waals surface area contributed by atoms with Gasteiger partial charge in [-0.2, -0.15) is 5.10 Å². The van der Waals surface area contributed by atoms with Crippen molar-refractivity contribution in [2.45, 2.75) is 38.6 Å². The number of nitrogens with zero attached hydrogens (tertiary/aromatic N) is 4. The van der Waals surface area contributed by atoms with Crippen LogP contribution in [0.1, 0.15) is 56.6 Å². The lowest BCUT2D eigenvalue weighted by Gasteiger charge is -2.25. The van der Waals surface area contributed by atoms with Crippen molar-refractivity contribution in [3.63, 3.8) is 0 Å². The molecule has 2 aliphatic rings. The standard InChI is InChI=1S/C29H24F2N4O6/c1-16-21-7-4-8-23(39-25-12-9-18(15-32-25)28(37)38)26(21)35(33-16)20-6-3-5-17(13-20)27(36)34(2)19-10-11-22-24(14-19)41-29(30,31)40-22/h3,5-6,9-15,23H,4,7-8H2,1-2H3,(H,37,38)/t23-/m0/s1. The summed E-state index contributed by atoms with van der Waals surface area (Å²) in [5, 5.41) is 13.9. The van der Waals surface area contributed by atoms with Gasteiger partial charge < -0.3 is 24.2 Å². The molecule has 0 bridgehead atoms. The molecule has 41 heavy (non-hydrogen) atoms. The average Bonchev–Trinajstić information content (AvgIpc) is 3.47. The molecule has 1 amide bonds. The molecule has 1 N–H and O–H groups in total. The molecule has 0 saturated carbocycles. The van der Waals surface area contributed by atoms with Crippen LogP contribution in [0.4, 0.5) is 14.5 Å². The number of fused-ring (bicyclic) bond motifs is 2. The van der Waals surface area contributed by atoms with Crippen LogP contribution in [0.5, 0.6) is 17.4 Å². The van der Waals surface area contributed by atoms with Gasteiger partial charge in [0, 0.05) is 42.2 Å². The highest BCUT2D eigenvalue weighted by Gasteiger charge is 2.43. The van der Waals surface area contributed by atoms with Gasteiger partial charge in [0.2, 0.25) is 5.88 Å². The highest BCUT2D eigenvalue weighted by molar-refractivity contribution is 6.06. The molecular formula is C29H24F2N4O6. The van der Waals surface area contributed by atoms with Crippen LogP contribution in [0.15, 0.2) is 60.8 Å². The SMILES string of the molecule is Cc1nn(-c2cccc(C(=O)N(C)c3ccc4c(c3)OC(F)(F)O4)c2)c2c1CCC[C@@H]2Oc1ccc(C(=O)O)cn1. The van der Waals surface area contributed by atoms with E-state index >= 15 is 0 Å². The molecule has 210 valence electrons. The van der Waals surface area contributed by atoms with Crippen LogP contribution in [-0.2, 0) is 6.42 Å². The molecule has 0 radical (unpaired) electrons. The van der Waals surface area contributed by atoms with Gasteiger partial charge in [-0.15, -0.1) is 8.78 Å². The monoisotopic (exact) mass is 562 g/mol. The number of pyridine rings is 1. The van der Waals surface area contributed by atoms with Crippen molar-refractivity contribution in [1.29, 1.82) is 0 Å². The smallest absolute Gasteiger partial charge is 0.478 e. The second-order valence-corrected chi connectivity index (χ2v) is 9.76. The molecule has 3 heterocycles. The number of aryl methyl sites for hydroxylation is 1. The molecule has 12 heteroatoms. The Morgan fingerprint density at radius 3 is 2.66 bits per heavy atom. The molecule has 4 aromatic rings. The second-order valence-electron chi connectivity index (χ2n) is 9.76. The van der Waals surface area contributed by atoms with Crippen molar-refractivity contribution in [3.8, 4) is 23.1 Å². The summed E-state index contributed by atoms with van der Waals surface area (Å²) in [6.45, 7) is 1.92. The van der Waals surface area contributed by atoms with Crippen LogP contribution in [-0.4, -0.2) is 45.1 Å². The Labute approximate surface area is 232 Å². The molecule has 1 atom stereocenters. The Bertz CT molecular complexity index is 1670. The minimum atomic E-state index is -3.75. The predicted molar refractivity (Wildman–Crippen MR) is 141 cm³/mol. The van der Waals surface area contributed by atoms with Crippen LogP contribution in [0, 0.1) is 6.92 Å². The van der Waals surface area contributed by atoms with Crippen molar-refractivity contribution < 1.29 is 37.7 Å². The molecule has 2 aromatic heterocycles. The van der Waals surface area contributed by atoms with Crippen LogP contribution in [0.3, 0.4) is 0 Å². The fourth-order valence-electron chi connectivity index (χ4n) is 5.08. The zero-order valence-electron chi connectivity index (χ0n) is 22.0. The number of aromatic nitrogens is 3. The largest absolute Gasteiger partial charge is 0.586 e. The maximum absolute atomic E-state index is 13.4. The Morgan fingerprint density at radius 2 is 1.90 bits per heavy atom. The van der Waals surface area contributed by atoms with Gasteiger partial charge in [-0.05, 0) is 62.6 Å². The topological polar surface area (TPSA) is 116 Å². The highest BCUT2D eigenvalue weighted by Crippen LogP contribution is 2.43. The Morgan fingerprint density at radius 1 is 1.10 bits per heavy atom. The lowest BCUT2D eigenvalue weighted by Crippen LogP contribution is -2.26. The van der Waals surface area contributed by atoms with Gasteiger partial charge in [0.25, 0.3) is 5.91 Å². The molecule has 1 aliphatic heterocycles. The lowest BCUT2D eigenvalue weighted by atomic mass is 9.93. The number of hydrogen-bond acceptors (Lipinski definition) is 7. The maximum atomic E-state index is 13.4. The summed E-state index contributed by atoms with van der Waals surface area (Å²) in [7, 11) is 1.54. The first kappa shape index (κ1) is 26.2. The molecule has 0 spiro atoms. The number of halogens is 2. The third-order valence-electron chi connectivity index (χ3n) is 7.08. The summed E-state index contributed by atoms with van der Waals surface area (Å²) in [5.41, 5.74) is 4.14. The highest BCUT2D eigenvalue weighted by atomic mass is 19.3. The molecule has 0 fully saturated rings. The number of carboxylic acids is 1. The minimum absolute atomic E-state index is 0.0627. The van der Waals surface area contributed by atoms with Crippen LogP contribution >= 0.6 is 0 Å². The number of rotatable bonds is 6. The van der Waals surface area contributed by atoms with Gasteiger partial charge in [-0.1, -0.05) is 6.07 Å². The van der Waals surface area contributed by atoms with Crippen molar-refractivity contribution >= 4 is 17.6 Å². The molecule has 0 unspecified atom stereocenters. The third-order valence-corrected chi connectivity index (χ3v) is 7.08. The zero-order valence-corrected chi connectivity index (χ0v) is 22.0. The summed E-state index contributed by atoms with van der Waals surface area (Å²) in [6, 6.07) is 14.1. The van der Waals surface area contributed by atoms with E-state index in [1.54, 1.807) is 22.9 Å². The first-order valence-corrected chi connectivity index (χ1v) is 12.8. The lowest BCUT2D eigenvalue weighted by molar-refractivity contribution is -0.286. The summed E-state index contributed by atoms with van der Waals surface area (Å²) in [4.78, 5) is 30.1. The van der Waals surface area contributed by atoms with Gasteiger partial charge in [0.05, 0.1) is 22.6 Å². The number of hydrogen-bond donors (Lipinski definition) is 1. The van der Waals surface area contributed by atoms with Gasteiger partial charge >= 0.3 is 12.3 Å². The summed E-state index contributed by atoms with van der Waals surface area (Å²) >= 11 is 0. The van der Waals surface area contributed by atoms with E-state index < -0.39 is 18.4 Å². The van der Waals surface area contributed by atoms with E-state index in [-0.39, 0.29) is 23.0 Å². The number of amides is 1. The fraction of sp³-hybridized carbons (Fsp3) is 0.241. The Kier molecular flexibility index (Phi) is 6.32. The van der Waals surface area contributed by atoms with Gasteiger partial charge in [0.15, 0.2) is 11.5 Å². The van der Waals surface area contributed by atoms with Gasteiger partial charge in [-0.25, -0.2) is 14.5 Å². The summed E-state index contributed by atoms with van der Waals surface area (Å²) in [5.74, 6) is -1.41. The van der Waals surface area contributed by atoms with E-state index in [0.717, 1.165) is 29.8 Å². The number of anilines is 1. The van der Waals surface area contributed by atoms with Crippen LogP contribution < -0.4 is 19.1 Å². The quantitative estimate of drug-likeness (QED) is 0.335. The molecule has 0 saturated heterocycles. The number of carbonyl (C=O) groups is 2. The summed E-state index contributed by atoms with van der Waals surface area (Å²) < 4.78 is 43.8.